The van der Waals surface area contributed by atoms with E-state index in [0.717, 1.165) is 33.8 Å². The number of carbonyl (C=O) groups excluding carboxylic acids is 1. The van der Waals surface area contributed by atoms with Gasteiger partial charge in [0.15, 0.2) is 0 Å². The smallest absolute Gasteiger partial charge is 0.266 e. The average Bonchev–Trinajstić information content (AvgIpc) is 3.32. The maximum absolute atomic E-state index is 13.1. The maximum Gasteiger partial charge on any atom is 0.266 e. The van der Waals surface area contributed by atoms with Crippen LogP contribution in [0.5, 0.6) is 5.75 Å². The van der Waals surface area contributed by atoms with Crippen molar-refractivity contribution in [2.75, 3.05) is 13.2 Å². The number of benzene rings is 2. The van der Waals surface area contributed by atoms with Crippen LogP contribution in [0.1, 0.15) is 31.9 Å². The summed E-state index contributed by atoms with van der Waals surface area (Å²) < 4.78 is 8.16. The van der Waals surface area contributed by atoms with Crippen LogP contribution in [0, 0.1) is 12.8 Å². The highest BCUT2D eigenvalue weighted by molar-refractivity contribution is 8.26. The first-order chi connectivity index (χ1) is 15.9. The Hall–Kier alpha value is -2.90. The molecule has 0 unspecified atom stereocenters. The molecule has 2 aromatic carbocycles. The van der Waals surface area contributed by atoms with E-state index in [1.807, 2.05) is 73.3 Å². The molecule has 1 amide bonds. The van der Waals surface area contributed by atoms with Crippen LogP contribution in [0.4, 0.5) is 0 Å². The average molecular weight is 478 g/mol. The zero-order valence-corrected chi connectivity index (χ0v) is 20.9. The first kappa shape index (κ1) is 23.3. The molecule has 0 spiro atoms. The molecule has 0 saturated carbocycles. The number of thioether (sulfide) groups is 1. The highest BCUT2D eigenvalue weighted by atomic mass is 32.2. The molecule has 33 heavy (non-hydrogen) atoms. The van der Waals surface area contributed by atoms with Gasteiger partial charge in [-0.2, -0.15) is 5.10 Å². The van der Waals surface area contributed by atoms with Crippen LogP contribution in [-0.4, -0.2) is 38.1 Å². The summed E-state index contributed by atoms with van der Waals surface area (Å²) in [6.07, 6.45) is 3.87. The van der Waals surface area contributed by atoms with E-state index in [-0.39, 0.29) is 5.91 Å². The number of para-hydroxylation sites is 1. The summed E-state index contributed by atoms with van der Waals surface area (Å²) in [6.45, 7) is 9.40. The number of rotatable bonds is 7. The SMILES string of the molecule is CCOc1ccc(-c2nn(-c3ccccc3)cc2/C=C2\SC(=S)N(CC(C)C)C2=O)cc1C. The van der Waals surface area contributed by atoms with Gasteiger partial charge in [0, 0.05) is 23.9 Å². The fourth-order valence-electron chi connectivity index (χ4n) is 3.71. The van der Waals surface area contributed by atoms with Crippen LogP contribution >= 0.6 is 24.0 Å². The molecule has 170 valence electrons. The predicted octanol–water partition coefficient (Wildman–Crippen LogP) is 6.10. The van der Waals surface area contributed by atoms with Gasteiger partial charge in [-0.25, -0.2) is 4.68 Å². The molecule has 0 radical (unpaired) electrons. The van der Waals surface area contributed by atoms with Crippen LogP contribution in [-0.2, 0) is 4.79 Å². The van der Waals surface area contributed by atoms with Crippen LogP contribution in [0.3, 0.4) is 0 Å². The molecule has 4 rings (SSSR count). The van der Waals surface area contributed by atoms with Crippen molar-refractivity contribution in [3.05, 3.63) is 70.8 Å². The van der Waals surface area contributed by atoms with Crippen molar-refractivity contribution in [1.29, 1.82) is 0 Å². The lowest BCUT2D eigenvalue weighted by molar-refractivity contribution is -0.122. The topological polar surface area (TPSA) is 47.4 Å². The van der Waals surface area contributed by atoms with Crippen LogP contribution in [0.15, 0.2) is 59.6 Å². The molecule has 0 N–H and O–H groups in total. The number of carbonyl (C=O) groups is 1. The van der Waals surface area contributed by atoms with Gasteiger partial charge in [-0.15, -0.1) is 0 Å². The molecule has 1 saturated heterocycles. The molecule has 0 atom stereocenters. The second-order valence-corrected chi connectivity index (χ2v) is 9.99. The predicted molar refractivity (Wildman–Crippen MR) is 140 cm³/mol. The highest BCUT2D eigenvalue weighted by Gasteiger charge is 2.32. The lowest BCUT2D eigenvalue weighted by Gasteiger charge is -2.16. The molecule has 5 nitrogen and oxygen atoms in total. The van der Waals surface area contributed by atoms with Crippen molar-refractivity contribution >= 4 is 40.3 Å². The Morgan fingerprint density at radius 3 is 2.61 bits per heavy atom. The Bertz CT molecular complexity index is 1220. The minimum absolute atomic E-state index is 0.0417. The van der Waals surface area contributed by atoms with Crippen molar-refractivity contribution in [2.24, 2.45) is 5.92 Å². The largest absolute Gasteiger partial charge is 0.494 e. The van der Waals surface area contributed by atoms with E-state index in [9.17, 15) is 4.79 Å². The van der Waals surface area contributed by atoms with Gasteiger partial charge in [-0.1, -0.05) is 56.0 Å². The number of nitrogens with zero attached hydrogens (tertiary/aromatic N) is 3. The summed E-state index contributed by atoms with van der Waals surface area (Å²) in [7, 11) is 0. The van der Waals surface area contributed by atoms with Crippen LogP contribution in [0.2, 0.25) is 0 Å². The van der Waals surface area contributed by atoms with Crippen molar-refractivity contribution in [3.63, 3.8) is 0 Å². The summed E-state index contributed by atoms with van der Waals surface area (Å²) in [6, 6.07) is 16.0. The van der Waals surface area contributed by atoms with Crippen molar-refractivity contribution in [3.8, 4) is 22.7 Å². The Morgan fingerprint density at radius 2 is 1.94 bits per heavy atom. The number of thiocarbonyl (C=S) groups is 1. The fraction of sp³-hybridized carbons (Fsp3) is 0.269. The first-order valence-electron chi connectivity index (χ1n) is 11.0. The third-order valence-electron chi connectivity index (χ3n) is 5.22. The van der Waals surface area contributed by atoms with Gasteiger partial charge in [0.1, 0.15) is 15.8 Å². The fourth-order valence-corrected chi connectivity index (χ4v) is 4.97. The van der Waals surface area contributed by atoms with Gasteiger partial charge in [0.25, 0.3) is 5.91 Å². The number of amides is 1. The third kappa shape index (κ3) is 5.04. The quantitative estimate of drug-likeness (QED) is 0.304. The second-order valence-electron chi connectivity index (χ2n) is 8.31. The van der Waals surface area contributed by atoms with Gasteiger partial charge in [0.2, 0.25) is 0 Å². The lowest BCUT2D eigenvalue weighted by atomic mass is 10.0. The monoisotopic (exact) mass is 477 g/mol. The number of hydrogen-bond acceptors (Lipinski definition) is 5. The van der Waals surface area contributed by atoms with Gasteiger partial charge >= 0.3 is 0 Å². The van der Waals surface area contributed by atoms with Crippen molar-refractivity contribution < 1.29 is 9.53 Å². The van der Waals surface area contributed by atoms with Gasteiger partial charge < -0.3 is 4.74 Å². The van der Waals surface area contributed by atoms with Gasteiger partial charge in [-0.3, -0.25) is 9.69 Å². The molecule has 7 heteroatoms. The van der Waals surface area contributed by atoms with E-state index in [0.29, 0.717) is 28.3 Å². The Morgan fingerprint density at radius 1 is 1.18 bits per heavy atom. The normalized spacial score (nSPS) is 15.2. The summed E-state index contributed by atoms with van der Waals surface area (Å²) >= 11 is 6.84. The number of aryl methyl sites for hydroxylation is 1. The molecule has 1 aromatic heterocycles. The highest BCUT2D eigenvalue weighted by Crippen LogP contribution is 2.36. The van der Waals surface area contributed by atoms with E-state index in [1.54, 1.807) is 4.90 Å². The number of hydrogen-bond donors (Lipinski definition) is 0. The van der Waals surface area contributed by atoms with Gasteiger partial charge in [0.05, 0.1) is 17.2 Å². The summed E-state index contributed by atoms with van der Waals surface area (Å²) in [4.78, 5) is 15.4. The molecular formula is C26H27N3O2S2. The third-order valence-corrected chi connectivity index (χ3v) is 6.60. The zero-order valence-electron chi connectivity index (χ0n) is 19.2. The molecular weight excluding hydrogens is 450 g/mol. The molecule has 3 aromatic rings. The van der Waals surface area contributed by atoms with Crippen LogP contribution in [0.25, 0.3) is 23.0 Å². The Kier molecular flexibility index (Phi) is 7.00. The van der Waals surface area contributed by atoms with E-state index in [1.165, 1.54) is 11.8 Å². The maximum atomic E-state index is 13.1. The van der Waals surface area contributed by atoms with E-state index in [2.05, 4.69) is 19.9 Å². The molecule has 2 heterocycles. The van der Waals surface area contributed by atoms with Gasteiger partial charge in [-0.05, 0) is 61.7 Å². The van der Waals surface area contributed by atoms with E-state index in [4.69, 9.17) is 22.1 Å². The summed E-state index contributed by atoms with van der Waals surface area (Å²) in [5, 5.41) is 4.89. The molecule has 1 aliphatic heterocycles. The minimum Gasteiger partial charge on any atom is -0.494 e. The number of aromatic nitrogens is 2. The first-order valence-corrected chi connectivity index (χ1v) is 12.2. The Labute approximate surface area is 204 Å². The van der Waals surface area contributed by atoms with E-state index < -0.39 is 0 Å². The van der Waals surface area contributed by atoms with Crippen LogP contribution < -0.4 is 4.74 Å². The van der Waals surface area contributed by atoms with Crippen molar-refractivity contribution in [1.82, 2.24) is 14.7 Å². The molecule has 0 aliphatic carbocycles. The van der Waals surface area contributed by atoms with Crippen molar-refractivity contribution in [2.45, 2.75) is 27.7 Å². The molecule has 0 bridgehead atoms. The lowest BCUT2D eigenvalue weighted by Crippen LogP contribution is -2.31. The Balaban J connectivity index is 1.78. The summed E-state index contributed by atoms with van der Waals surface area (Å²) in [5.74, 6) is 1.16. The zero-order chi connectivity index (χ0) is 23.5. The van der Waals surface area contributed by atoms with E-state index >= 15 is 0 Å². The molecule has 1 aliphatic rings. The minimum atomic E-state index is -0.0417. The number of ether oxygens (including phenoxy) is 1. The molecule has 1 fully saturated rings. The summed E-state index contributed by atoms with van der Waals surface area (Å²) in [5.41, 5.74) is 4.63. The second kappa shape index (κ2) is 9.93. The standard InChI is InChI=1S/C26H27N3O2S2/c1-5-31-22-12-11-19(13-18(22)4)24-20(16-29(27-24)21-9-7-6-8-10-21)14-23-25(30)28(15-17(2)3)26(32)33-23/h6-14,16-17H,5,15H2,1-4H3/b23-14-.